The number of fused-ring (bicyclic) bond motifs is 1. The molecule has 0 saturated carbocycles. The molecule has 2 aromatic heterocycles. The lowest BCUT2D eigenvalue weighted by Crippen LogP contribution is -2.19. The SMILES string of the molecule is O=c1ccnc2cc(-c3ccccc3)n(-c3cccc(Cl)c3)n12. The van der Waals surface area contributed by atoms with Gasteiger partial charge in [0.2, 0.25) is 0 Å². The summed E-state index contributed by atoms with van der Waals surface area (Å²) in [6.45, 7) is 0. The van der Waals surface area contributed by atoms with Gasteiger partial charge in [0.25, 0.3) is 5.56 Å². The van der Waals surface area contributed by atoms with Crippen LogP contribution in [-0.4, -0.2) is 14.2 Å². The van der Waals surface area contributed by atoms with Crippen LogP contribution in [0.5, 0.6) is 0 Å². The van der Waals surface area contributed by atoms with E-state index < -0.39 is 0 Å². The van der Waals surface area contributed by atoms with E-state index in [9.17, 15) is 4.79 Å². The normalized spacial score (nSPS) is 11.0. The molecule has 0 bridgehead atoms. The molecule has 0 aliphatic heterocycles. The average Bonchev–Trinajstić information content (AvgIpc) is 2.97. The minimum atomic E-state index is -0.142. The van der Waals surface area contributed by atoms with Gasteiger partial charge in [0, 0.05) is 28.9 Å². The third-order valence-electron chi connectivity index (χ3n) is 3.67. The van der Waals surface area contributed by atoms with Gasteiger partial charge in [0.1, 0.15) is 0 Å². The molecule has 0 atom stereocenters. The van der Waals surface area contributed by atoms with E-state index in [0.29, 0.717) is 10.7 Å². The molecule has 4 nitrogen and oxygen atoms in total. The van der Waals surface area contributed by atoms with Crippen molar-refractivity contribution in [2.45, 2.75) is 0 Å². The standard InChI is InChI=1S/C18H12ClN3O/c19-14-7-4-8-15(11-14)21-16(13-5-2-1-3-6-13)12-17-20-10-9-18(23)22(17)21/h1-12H. The van der Waals surface area contributed by atoms with Gasteiger partial charge >= 0.3 is 0 Å². The summed E-state index contributed by atoms with van der Waals surface area (Å²) in [6, 6.07) is 20.6. The summed E-state index contributed by atoms with van der Waals surface area (Å²) in [5, 5.41) is 0.611. The molecule has 0 fully saturated rings. The molecule has 0 radical (unpaired) electrons. The van der Waals surface area contributed by atoms with Crippen LogP contribution in [-0.2, 0) is 0 Å². The molecular weight excluding hydrogens is 310 g/mol. The summed E-state index contributed by atoms with van der Waals surface area (Å²) in [6.07, 6.45) is 1.52. The summed E-state index contributed by atoms with van der Waals surface area (Å²) in [5.74, 6) is 0. The Morgan fingerprint density at radius 3 is 2.52 bits per heavy atom. The van der Waals surface area contributed by atoms with Crippen LogP contribution in [0.3, 0.4) is 0 Å². The summed E-state index contributed by atoms with van der Waals surface area (Å²) in [7, 11) is 0. The average molecular weight is 322 g/mol. The number of aromatic nitrogens is 3. The van der Waals surface area contributed by atoms with Gasteiger partial charge in [0.05, 0.1) is 11.4 Å². The zero-order valence-corrected chi connectivity index (χ0v) is 12.8. The molecule has 2 aromatic carbocycles. The fourth-order valence-corrected chi connectivity index (χ4v) is 2.87. The van der Waals surface area contributed by atoms with E-state index in [1.807, 2.05) is 59.3 Å². The Labute approximate surface area is 137 Å². The molecule has 0 spiro atoms. The zero-order valence-electron chi connectivity index (χ0n) is 12.1. The first-order valence-electron chi connectivity index (χ1n) is 7.15. The molecule has 23 heavy (non-hydrogen) atoms. The van der Waals surface area contributed by atoms with Crippen LogP contribution in [0.1, 0.15) is 0 Å². The molecule has 0 unspecified atom stereocenters. The highest BCUT2D eigenvalue weighted by atomic mass is 35.5. The zero-order chi connectivity index (χ0) is 15.8. The molecule has 0 amide bonds. The van der Waals surface area contributed by atoms with Crippen LogP contribution in [0.25, 0.3) is 22.6 Å². The first kappa shape index (κ1) is 13.8. The van der Waals surface area contributed by atoms with Crippen LogP contribution in [0.2, 0.25) is 5.02 Å². The van der Waals surface area contributed by atoms with Crippen molar-refractivity contribution in [3.63, 3.8) is 0 Å². The lowest BCUT2D eigenvalue weighted by Gasteiger charge is -2.11. The Bertz CT molecular complexity index is 1050. The topological polar surface area (TPSA) is 39.3 Å². The van der Waals surface area contributed by atoms with Gasteiger partial charge in [-0.15, -0.1) is 0 Å². The third-order valence-corrected chi connectivity index (χ3v) is 3.90. The Balaban J connectivity index is 2.13. The van der Waals surface area contributed by atoms with Gasteiger partial charge in [0.15, 0.2) is 5.65 Å². The number of nitrogens with zero attached hydrogens (tertiary/aromatic N) is 3. The second kappa shape index (κ2) is 5.41. The molecule has 0 N–H and O–H groups in total. The molecule has 0 aliphatic rings. The monoisotopic (exact) mass is 321 g/mol. The van der Waals surface area contributed by atoms with E-state index in [-0.39, 0.29) is 5.56 Å². The minimum absolute atomic E-state index is 0.142. The molecule has 112 valence electrons. The molecule has 4 aromatic rings. The van der Waals surface area contributed by atoms with E-state index in [4.69, 9.17) is 11.6 Å². The van der Waals surface area contributed by atoms with E-state index >= 15 is 0 Å². The summed E-state index contributed by atoms with van der Waals surface area (Å²) >= 11 is 6.13. The van der Waals surface area contributed by atoms with Crippen molar-refractivity contribution in [1.29, 1.82) is 0 Å². The van der Waals surface area contributed by atoms with Crippen molar-refractivity contribution in [3.05, 3.63) is 88.3 Å². The maximum atomic E-state index is 12.4. The van der Waals surface area contributed by atoms with E-state index in [2.05, 4.69) is 4.98 Å². The number of hydrogen-bond donors (Lipinski definition) is 0. The van der Waals surface area contributed by atoms with Crippen molar-refractivity contribution in [1.82, 2.24) is 14.2 Å². The van der Waals surface area contributed by atoms with Crippen LogP contribution >= 0.6 is 11.6 Å². The summed E-state index contributed by atoms with van der Waals surface area (Å²) < 4.78 is 3.39. The van der Waals surface area contributed by atoms with Crippen molar-refractivity contribution >= 4 is 17.2 Å². The second-order valence-electron chi connectivity index (χ2n) is 5.14. The fraction of sp³-hybridized carbons (Fsp3) is 0. The Morgan fingerprint density at radius 2 is 1.74 bits per heavy atom. The number of hydrogen-bond acceptors (Lipinski definition) is 2. The van der Waals surface area contributed by atoms with Crippen LogP contribution in [0.15, 0.2) is 77.7 Å². The van der Waals surface area contributed by atoms with Crippen LogP contribution < -0.4 is 5.56 Å². The highest BCUT2D eigenvalue weighted by Gasteiger charge is 2.14. The van der Waals surface area contributed by atoms with E-state index in [1.165, 1.54) is 12.3 Å². The van der Waals surface area contributed by atoms with Gasteiger partial charge < -0.3 is 0 Å². The van der Waals surface area contributed by atoms with Crippen LogP contribution in [0, 0.1) is 0 Å². The maximum absolute atomic E-state index is 12.4. The quantitative estimate of drug-likeness (QED) is 0.563. The lowest BCUT2D eigenvalue weighted by molar-refractivity contribution is 0.770. The van der Waals surface area contributed by atoms with Gasteiger partial charge in [-0.25, -0.2) is 9.67 Å². The van der Waals surface area contributed by atoms with Gasteiger partial charge in [-0.3, -0.25) is 4.79 Å². The maximum Gasteiger partial charge on any atom is 0.273 e. The predicted molar refractivity (Wildman–Crippen MR) is 91.2 cm³/mol. The van der Waals surface area contributed by atoms with Crippen molar-refractivity contribution in [3.8, 4) is 16.9 Å². The first-order chi connectivity index (χ1) is 11.2. The first-order valence-corrected chi connectivity index (χ1v) is 7.53. The van der Waals surface area contributed by atoms with E-state index in [1.54, 1.807) is 10.6 Å². The fourth-order valence-electron chi connectivity index (χ4n) is 2.68. The smallest absolute Gasteiger partial charge is 0.267 e. The van der Waals surface area contributed by atoms with Crippen molar-refractivity contribution in [2.24, 2.45) is 0 Å². The third kappa shape index (κ3) is 2.33. The van der Waals surface area contributed by atoms with Crippen molar-refractivity contribution < 1.29 is 0 Å². The lowest BCUT2D eigenvalue weighted by atomic mass is 10.1. The Morgan fingerprint density at radius 1 is 0.913 bits per heavy atom. The molecule has 2 heterocycles. The molecular formula is C18H12ClN3O. The van der Waals surface area contributed by atoms with Crippen molar-refractivity contribution in [2.75, 3.05) is 0 Å². The summed E-state index contributed by atoms with van der Waals surface area (Å²) in [5.41, 5.74) is 3.14. The molecule has 0 saturated heterocycles. The van der Waals surface area contributed by atoms with E-state index in [0.717, 1.165) is 16.9 Å². The number of halogens is 1. The van der Waals surface area contributed by atoms with Crippen LogP contribution in [0.4, 0.5) is 0 Å². The van der Waals surface area contributed by atoms with Gasteiger partial charge in [-0.1, -0.05) is 48.0 Å². The van der Waals surface area contributed by atoms with Gasteiger partial charge in [-0.05, 0) is 18.2 Å². The molecule has 4 rings (SSSR count). The second-order valence-corrected chi connectivity index (χ2v) is 5.58. The Hall–Kier alpha value is -2.85. The largest absolute Gasteiger partial charge is 0.273 e. The molecule has 0 aliphatic carbocycles. The van der Waals surface area contributed by atoms with Gasteiger partial charge in [-0.2, -0.15) is 4.52 Å². The number of benzene rings is 2. The highest BCUT2D eigenvalue weighted by Crippen LogP contribution is 2.26. The minimum Gasteiger partial charge on any atom is -0.267 e. The molecule has 5 heteroatoms. The highest BCUT2D eigenvalue weighted by molar-refractivity contribution is 6.30. The Kier molecular flexibility index (Phi) is 3.24. The summed E-state index contributed by atoms with van der Waals surface area (Å²) in [4.78, 5) is 16.7. The number of rotatable bonds is 2. The predicted octanol–water partition coefficient (Wildman–Crippen LogP) is 3.81.